The molecule has 0 radical (unpaired) electrons. The predicted molar refractivity (Wildman–Crippen MR) is 124 cm³/mol. The summed E-state index contributed by atoms with van der Waals surface area (Å²) in [5, 5.41) is 3.17. The van der Waals surface area contributed by atoms with Gasteiger partial charge in [-0.3, -0.25) is 4.79 Å². The number of amides is 1. The number of benzene rings is 3. The Morgan fingerprint density at radius 3 is 2.37 bits per heavy atom. The summed E-state index contributed by atoms with van der Waals surface area (Å²) in [4.78, 5) is 15.1. The minimum absolute atomic E-state index is 0.170. The molecular formula is C27H28N2O. The Balaban J connectivity index is 1.45. The van der Waals surface area contributed by atoms with Crippen LogP contribution in [0.5, 0.6) is 0 Å². The van der Waals surface area contributed by atoms with Gasteiger partial charge in [0.2, 0.25) is 5.91 Å². The number of carbonyl (C=O) groups is 1. The molecule has 4 rings (SSSR count). The van der Waals surface area contributed by atoms with E-state index in [1.807, 2.05) is 42.3 Å². The third kappa shape index (κ3) is 4.30. The van der Waals surface area contributed by atoms with Crippen molar-refractivity contribution in [2.45, 2.75) is 19.3 Å². The fourth-order valence-corrected chi connectivity index (χ4v) is 4.15. The molecule has 3 aromatic carbocycles. The quantitative estimate of drug-likeness (QED) is 0.619. The second-order valence-electron chi connectivity index (χ2n) is 7.87. The first kappa shape index (κ1) is 20.0. The fourth-order valence-electron chi connectivity index (χ4n) is 4.15. The largest absolute Gasteiger partial charge is 0.392 e. The minimum atomic E-state index is 0.170. The third-order valence-corrected chi connectivity index (χ3v) is 5.96. The van der Waals surface area contributed by atoms with Crippen molar-refractivity contribution in [3.8, 4) is 11.1 Å². The molecule has 1 heterocycles. The molecule has 3 heteroatoms. The maximum atomic E-state index is 13.2. The highest BCUT2D eigenvalue weighted by Gasteiger charge is 2.29. The molecule has 152 valence electrons. The number of nitrogens with zero attached hydrogens (tertiary/aromatic N) is 1. The first-order valence-corrected chi connectivity index (χ1v) is 10.5. The Morgan fingerprint density at radius 2 is 1.63 bits per heavy atom. The average molecular weight is 397 g/mol. The number of hydrogen-bond donors (Lipinski definition) is 1. The fraction of sp³-hybridized carbons (Fsp3) is 0.222. The Hall–Kier alpha value is -3.33. The van der Waals surface area contributed by atoms with Crippen molar-refractivity contribution in [3.63, 3.8) is 0 Å². The summed E-state index contributed by atoms with van der Waals surface area (Å²) >= 11 is 0. The Kier molecular flexibility index (Phi) is 5.99. The van der Waals surface area contributed by atoms with E-state index in [1.54, 1.807) is 0 Å². The number of rotatable bonds is 6. The van der Waals surface area contributed by atoms with Gasteiger partial charge in [0.1, 0.15) is 0 Å². The molecule has 0 bridgehead atoms. The zero-order valence-electron chi connectivity index (χ0n) is 17.5. The summed E-state index contributed by atoms with van der Waals surface area (Å²) < 4.78 is 0. The number of fused-ring (bicyclic) bond motifs is 1. The zero-order chi connectivity index (χ0) is 20.9. The van der Waals surface area contributed by atoms with E-state index in [-0.39, 0.29) is 11.8 Å². The number of anilines is 1. The topological polar surface area (TPSA) is 32.3 Å². The van der Waals surface area contributed by atoms with E-state index in [4.69, 9.17) is 0 Å². The predicted octanol–water partition coefficient (Wildman–Crippen LogP) is 5.22. The van der Waals surface area contributed by atoms with E-state index < -0.39 is 0 Å². The summed E-state index contributed by atoms with van der Waals surface area (Å²) in [5.74, 6) is 0.405. The number of hydrogen-bond acceptors (Lipinski definition) is 2. The summed E-state index contributed by atoms with van der Waals surface area (Å²) in [6.45, 7) is 4.82. The maximum Gasteiger partial charge on any atom is 0.227 e. The minimum Gasteiger partial charge on any atom is -0.392 e. The van der Waals surface area contributed by atoms with Crippen LogP contribution in [0, 0.1) is 5.92 Å². The number of carbonyl (C=O) groups excluding carboxylic acids is 1. The van der Waals surface area contributed by atoms with Crippen LogP contribution in [0.15, 0.2) is 91.1 Å². The van der Waals surface area contributed by atoms with Crippen LogP contribution in [0.4, 0.5) is 5.69 Å². The lowest BCUT2D eigenvalue weighted by atomic mass is 9.90. The molecule has 1 N–H and O–H groups in total. The van der Waals surface area contributed by atoms with Crippen LogP contribution in [0.1, 0.15) is 17.5 Å². The van der Waals surface area contributed by atoms with E-state index in [0.29, 0.717) is 13.0 Å². The number of aryl methyl sites for hydroxylation is 1. The lowest BCUT2D eigenvalue weighted by Crippen LogP contribution is -2.42. The molecule has 1 amide bonds. The summed E-state index contributed by atoms with van der Waals surface area (Å²) in [5.41, 5.74) is 6.83. The normalized spacial score (nSPS) is 15.4. The van der Waals surface area contributed by atoms with Gasteiger partial charge in [0.05, 0.1) is 0 Å². The van der Waals surface area contributed by atoms with Crippen LogP contribution in [0.3, 0.4) is 0 Å². The first-order chi connectivity index (χ1) is 14.7. The van der Waals surface area contributed by atoms with Crippen molar-refractivity contribution < 1.29 is 4.79 Å². The van der Waals surface area contributed by atoms with Crippen molar-refractivity contribution in [2.75, 3.05) is 18.5 Å². The van der Waals surface area contributed by atoms with Gasteiger partial charge in [-0.25, -0.2) is 0 Å². The lowest BCUT2D eigenvalue weighted by molar-refractivity contribution is -0.118. The molecule has 1 aliphatic rings. The van der Waals surface area contributed by atoms with Gasteiger partial charge in [-0.2, -0.15) is 0 Å². The van der Waals surface area contributed by atoms with Crippen molar-refractivity contribution in [1.82, 2.24) is 5.32 Å². The molecular weight excluding hydrogens is 368 g/mol. The van der Waals surface area contributed by atoms with E-state index in [9.17, 15) is 4.79 Å². The second kappa shape index (κ2) is 9.00. The highest BCUT2D eigenvalue weighted by molar-refractivity contribution is 5.94. The average Bonchev–Trinajstić information content (AvgIpc) is 2.82. The summed E-state index contributed by atoms with van der Waals surface area (Å²) in [6, 6.07) is 27.1. The molecule has 3 aromatic rings. The van der Waals surface area contributed by atoms with Gasteiger partial charge in [0.15, 0.2) is 0 Å². The van der Waals surface area contributed by atoms with Gasteiger partial charge in [-0.05, 0) is 41.2 Å². The SMILES string of the molecule is C=C(NC)[C@H]1Cc2ccccc2N(C(=O)CCc2ccc(-c3ccccc3)cc2)C1. The zero-order valence-corrected chi connectivity index (χ0v) is 17.5. The summed E-state index contributed by atoms with van der Waals surface area (Å²) in [6.07, 6.45) is 2.16. The Labute approximate surface area is 179 Å². The molecule has 3 nitrogen and oxygen atoms in total. The monoisotopic (exact) mass is 396 g/mol. The molecule has 0 aromatic heterocycles. The van der Waals surface area contributed by atoms with Crippen molar-refractivity contribution in [2.24, 2.45) is 5.92 Å². The van der Waals surface area contributed by atoms with Crippen LogP contribution in [-0.4, -0.2) is 19.5 Å². The van der Waals surface area contributed by atoms with Crippen LogP contribution in [0.25, 0.3) is 11.1 Å². The number of para-hydroxylation sites is 1. The van der Waals surface area contributed by atoms with E-state index in [0.717, 1.165) is 24.2 Å². The molecule has 0 unspecified atom stereocenters. The van der Waals surface area contributed by atoms with Crippen LogP contribution >= 0.6 is 0 Å². The molecule has 0 spiro atoms. The van der Waals surface area contributed by atoms with Crippen LogP contribution in [-0.2, 0) is 17.6 Å². The lowest BCUT2D eigenvalue weighted by Gasteiger charge is -2.35. The van der Waals surface area contributed by atoms with Gasteiger partial charge in [-0.15, -0.1) is 0 Å². The molecule has 30 heavy (non-hydrogen) atoms. The summed E-state index contributed by atoms with van der Waals surface area (Å²) in [7, 11) is 1.90. The smallest absolute Gasteiger partial charge is 0.227 e. The first-order valence-electron chi connectivity index (χ1n) is 10.5. The van der Waals surface area contributed by atoms with Crippen molar-refractivity contribution >= 4 is 11.6 Å². The molecule has 0 saturated heterocycles. The molecule has 0 saturated carbocycles. The van der Waals surface area contributed by atoms with E-state index in [1.165, 1.54) is 22.3 Å². The maximum absolute atomic E-state index is 13.2. The van der Waals surface area contributed by atoms with Gasteiger partial charge >= 0.3 is 0 Å². The highest BCUT2D eigenvalue weighted by atomic mass is 16.2. The Morgan fingerprint density at radius 1 is 0.967 bits per heavy atom. The standard InChI is InChI=1S/C27H28N2O/c1-20(28-2)25-18-24-10-6-7-11-26(24)29(19-25)27(30)17-14-21-12-15-23(16-13-21)22-8-4-3-5-9-22/h3-13,15-16,25,28H,1,14,17-19H2,2H3/t25-/m0/s1. The van der Waals surface area contributed by atoms with Gasteiger partial charge in [-0.1, -0.05) is 79.4 Å². The van der Waals surface area contributed by atoms with Gasteiger partial charge in [0, 0.05) is 37.3 Å². The second-order valence-corrected chi connectivity index (χ2v) is 7.87. The third-order valence-electron chi connectivity index (χ3n) is 5.96. The van der Waals surface area contributed by atoms with Crippen molar-refractivity contribution in [1.29, 1.82) is 0 Å². The molecule has 1 aliphatic heterocycles. The number of nitrogens with one attached hydrogen (secondary N) is 1. The van der Waals surface area contributed by atoms with E-state index in [2.05, 4.69) is 60.4 Å². The van der Waals surface area contributed by atoms with Gasteiger partial charge < -0.3 is 10.2 Å². The Bertz CT molecular complexity index is 1020. The van der Waals surface area contributed by atoms with Crippen LogP contribution in [0.2, 0.25) is 0 Å². The molecule has 0 aliphatic carbocycles. The van der Waals surface area contributed by atoms with E-state index >= 15 is 0 Å². The van der Waals surface area contributed by atoms with Crippen LogP contribution < -0.4 is 10.2 Å². The van der Waals surface area contributed by atoms with Crippen molar-refractivity contribution in [3.05, 3.63) is 102 Å². The highest BCUT2D eigenvalue weighted by Crippen LogP contribution is 2.32. The van der Waals surface area contributed by atoms with Gasteiger partial charge in [0.25, 0.3) is 0 Å². The molecule has 1 atom stereocenters. The molecule has 0 fully saturated rings.